The quantitative estimate of drug-likeness (QED) is 0.492. The van der Waals surface area contributed by atoms with E-state index in [1.54, 1.807) is 6.92 Å². The average Bonchev–Trinajstić information content (AvgIpc) is 2.34. The lowest BCUT2D eigenvalue weighted by molar-refractivity contribution is -0.144. The lowest BCUT2D eigenvalue weighted by Crippen LogP contribution is -2.37. The van der Waals surface area contributed by atoms with Gasteiger partial charge in [0.25, 0.3) is 0 Å². The van der Waals surface area contributed by atoms with Crippen LogP contribution in [0.1, 0.15) is 34.1 Å². The maximum atomic E-state index is 11.6. The van der Waals surface area contributed by atoms with Crippen LogP contribution in [-0.4, -0.2) is 42.1 Å². The minimum atomic E-state index is -0.593. The van der Waals surface area contributed by atoms with Crippen molar-refractivity contribution in [3.05, 3.63) is 0 Å². The molecule has 6 heteroatoms. The molecule has 0 aliphatic rings. The zero-order chi connectivity index (χ0) is 14.8. The number of carbonyl (C=O) groups is 2. The maximum absolute atomic E-state index is 11.6. The number of nitrogens with one attached hydrogen (secondary N) is 1. The molecule has 112 valence electrons. The van der Waals surface area contributed by atoms with Gasteiger partial charge in [-0.25, -0.2) is 0 Å². The van der Waals surface area contributed by atoms with Crippen LogP contribution in [0.4, 0.5) is 0 Å². The van der Waals surface area contributed by atoms with Gasteiger partial charge in [-0.05, 0) is 31.9 Å². The predicted octanol–water partition coefficient (Wildman–Crippen LogP) is 1.16. The Hall–Kier alpha value is -0.750. The number of ether oxygens (including phenoxy) is 1. The fourth-order valence-electron chi connectivity index (χ4n) is 1.20. The molecular weight excluding hydrogens is 264 g/mol. The molecule has 0 spiro atoms. The molecule has 0 aliphatic heterocycles. The first-order valence-corrected chi connectivity index (χ1v) is 7.83. The van der Waals surface area contributed by atoms with Crippen molar-refractivity contribution in [2.45, 2.75) is 46.2 Å². The van der Waals surface area contributed by atoms with Crippen LogP contribution in [0.2, 0.25) is 0 Å². The molecule has 0 bridgehead atoms. The van der Waals surface area contributed by atoms with Gasteiger partial charge in [0.1, 0.15) is 6.04 Å². The Balaban J connectivity index is 3.69. The number of esters is 1. The molecule has 2 unspecified atom stereocenters. The van der Waals surface area contributed by atoms with E-state index >= 15 is 0 Å². The Kier molecular flexibility index (Phi) is 9.69. The molecule has 3 N–H and O–H groups in total. The van der Waals surface area contributed by atoms with E-state index in [9.17, 15) is 9.59 Å². The van der Waals surface area contributed by atoms with Crippen LogP contribution >= 0.6 is 11.8 Å². The molecule has 5 nitrogen and oxygen atoms in total. The van der Waals surface area contributed by atoms with E-state index in [1.807, 2.05) is 6.92 Å². The zero-order valence-electron chi connectivity index (χ0n) is 12.3. The summed E-state index contributed by atoms with van der Waals surface area (Å²) in [6, 6.07) is -0.417. The van der Waals surface area contributed by atoms with Gasteiger partial charge in [0.2, 0.25) is 5.91 Å². The highest BCUT2D eigenvalue weighted by Crippen LogP contribution is 2.06. The number of hydrogen-bond donors (Lipinski definition) is 2. The molecule has 0 heterocycles. The van der Waals surface area contributed by atoms with Gasteiger partial charge in [0, 0.05) is 6.04 Å². The lowest BCUT2D eigenvalue weighted by atomic mass is 10.1. The van der Waals surface area contributed by atoms with Gasteiger partial charge in [-0.3, -0.25) is 9.59 Å². The van der Waals surface area contributed by atoms with Crippen LogP contribution in [0.3, 0.4) is 0 Å². The summed E-state index contributed by atoms with van der Waals surface area (Å²) in [5.41, 5.74) is 5.65. The zero-order valence-corrected chi connectivity index (χ0v) is 13.1. The second kappa shape index (κ2) is 10.1. The van der Waals surface area contributed by atoms with Crippen LogP contribution in [0.15, 0.2) is 0 Å². The summed E-state index contributed by atoms with van der Waals surface area (Å²) < 4.78 is 4.81. The predicted molar refractivity (Wildman–Crippen MR) is 79.0 cm³/mol. The lowest BCUT2D eigenvalue weighted by Gasteiger charge is -2.17. The van der Waals surface area contributed by atoms with E-state index in [-0.39, 0.29) is 17.9 Å². The number of rotatable bonds is 9. The molecule has 0 fully saturated rings. The summed E-state index contributed by atoms with van der Waals surface area (Å²) in [5.74, 6) is 1.14. The summed E-state index contributed by atoms with van der Waals surface area (Å²) in [5, 5.41) is 2.93. The van der Waals surface area contributed by atoms with E-state index in [0.29, 0.717) is 30.5 Å². The molecule has 0 aromatic carbocycles. The van der Waals surface area contributed by atoms with Crippen molar-refractivity contribution in [1.82, 2.24) is 5.32 Å². The van der Waals surface area contributed by atoms with Gasteiger partial charge < -0.3 is 15.8 Å². The molecule has 1 amide bonds. The van der Waals surface area contributed by atoms with Gasteiger partial charge in [0.05, 0.1) is 12.4 Å². The number of amides is 1. The van der Waals surface area contributed by atoms with E-state index in [1.165, 1.54) is 11.8 Å². The molecule has 0 aromatic heterocycles. The molecule has 2 atom stereocenters. The Bertz CT molecular complexity index is 285. The first-order chi connectivity index (χ1) is 8.88. The molecule has 0 rings (SSSR count). The van der Waals surface area contributed by atoms with Crippen molar-refractivity contribution < 1.29 is 14.3 Å². The summed E-state index contributed by atoms with van der Waals surface area (Å²) in [4.78, 5) is 22.8. The smallest absolute Gasteiger partial charge is 0.322 e. The molecule has 0 aromatic rings. The molecule has 0 saturated heterocycles. The third-order valence-electron chi connectivity index (χ3n) is 2.78. The Morgan fingerprint density at radius 1 is 1.32 bits per heavy atom. The van der Waals surface area contributed by atoms with Crippen molar-refractivity contribution in [3.63, 3.8) is 0 Å². The Morgan fingerprint density at radius 2 is 1.95 bits per heavy atom. The van der Waals surface area contributed by atoms with Gasteiger partial charge in [-0.2, -0.15) is 11.8 Å². The van der Waals surface area contributed by atoms with Gasteiger partial charge in [0.15, 0.2) is 0 Å². The highest BCUT2D eigenvalue weighted by molar-refractivity contribution is 7.99. The first kappa shape index (κ1) is 18.2. The van der Waals surface area contributed by atoms with E-state index in [2.05, 4.69) is 19.2 Å². The van der Waals surface area contributed by atoms with Crippen LogP contribution in [0.25, 0.3) is 0 Å². The van der Waals surface area contributed by atoms with Gasteiger partial charge in [-0.1, -0.05) is 13.8 Å². The van der Waals surface area contributed by atoms with Crippen LogP contribution in [0.5, 0.6) is 0 Å². The van der Waals surface area contributed by atoms with E-state index in [0.717, 1.165) is 0 Å². The van der Waals surface area contributed by atoms with E-state index < -0.39 is 6.04 Å². The fraction of sp³-hybridized carbons (Fsp3) is 0.846. The standard InChI is InChI=1S/C13H26N2O3S/c1-5-18-13(17)11(14)6-7-19-8-12(16)15-10(4)9(2)3/h9-11H,5-8,14H2,1-4H3,(H,15,16). The number of hydrogen-bond acceptors (Lipinski definition) is 5. The van der Waals surface area contributed by atoms with Crippen LogP contribution in [-0.2, 0) is 14.3 Å². The monoisotopic (exact) mass is 290 g/mol. The summed E-state index contributed by atoms with van der Waals surface area (Å²) in [7, 11) is 0. The van der Waals surface area contributed by atoms with Crippen molar-refractivity contribution in [1.29, 1.82) is 0 Å². The number of nitrogens with two attached hydrogens (primary N) is 1. The number of thioether (sulfide) groups is 1. The molecule has 0 saturated carbocycles. The van der Waals surface area contributed by atoms with Gasteiger partial charge >= 0.3 is 5.97 Å². The van der Waals surface area contributed by atoms with Gasteiger partial charge in [-0.15, -0.1) is 0 Å². The maximum Gasteiger partial charge on any atom is 0.322 e. The third-order valence-corrected chi connectivity index (χ3v) is 3.78. The molecule has 0 aliphatic carbocycles. The molecule has 0 radical (unpaired) electrons. The normalized spacial score (nSPS) is 14.0. The van der Waals surface area contributed by atoms with Crippen molar-refractivity contribution in [3.8, 4) is 0 Å². The Morgan fingerprint density at radius 3 is 2.47 bits per heavy atom. The fourth-order valence-corrected chi connectivity index (χ4v) is 2.04. The van der Waals surface area contributed by atoms with Crippen molar-refractivity contribution >= 4 is 23.6 Å². The minimum absolute atomic E-state index is 0.0240. The first-order valence-electron chi connectivity index (χ1n) is 6.67. The molecular formula is C13H26N2O3S. The summed E-state index contributed by atoms with van der Waals surface area (Å²) in [6.45, 7) is 8.21. The third kappa shape index (κ3) is 8.88. The summed E-state index contributed by atoms with van der Waals surface area (Å²) >= 11 is 1.48. The van der Waals surface area contributed by atoms with Crippen LogP contribution < -0.4 is 11.1 Å². The Labute approximate surface area is 120 Å². The topological polar surface area (TPSA) is 81.4 Å². The largest absolute Gasteiger partial charge is 0.465 e. The van der Waals surface area contributed by atoms with Crippen LogP contribution in [0, 0.1) is 5.92 Å². The second-order valence-corrected chi connectivity index (χ2v) is 5.91. The minimum Gasteiger partial charge on any atom is -0.465 e. The van der Waals surface area contributed by atoms with E-state index in [4.69, 9.17) is 10.5 Å². The van der Waals surface area contributed by atoms with Crippen molar-refractivity contribution in [2.75, 3.05) is 18.1 Å². The number of carbonyl (C=O) groups excluding carboxylic acids is 2. The molecule has 19 heavy (non-hydrogen) atoms. The summed E-state index contributed by atoms with van der Waals surface area (Å²) in [6.07, 6.45) is 0.524. The van der Waals surface area contributed by atoms with Crippen molar-refractivity contribution in [2.24, 2.45) is 11.7 Å². The highest BCUT2D eigenvalue weighted by atomic mass is 32.2. The average molecular weight is 290 g/mol. The SMILES string of the molecule is CCOC(=O)C(N)CCSCC(=O)NC(C)C(C)C. The highest BCUT2D eigenvalue weighted by Gasteiger charge is 2.15. The second-order valence-electron chi connectivity index (χ2n) is 4.80.